The van der Waals surface area contributed by atoms with Crippen molar-refractivity contribution in [1.82, 2.24) is 19.8 Å². The highest BCUT2D eigenvalue weighted by atomic mass is 16.6. The number of rotatable bonds is 2. The molecule has 0 atom stereocenters. The lowest BCUT2D eigenvalue weighted by atomic mass is 10.1. The van der Waals surface area contributed by atoms with Crippen LogP contribution >= 0.6 is 0 Å². The van der Waals surface area contributed by atoms with Gasteiger partial charge in [-0.05, 0) is 11.0 Å². The number of fused-ring (bicyclic) bond motifs is 1. The molecule has 0 fully saturated rings. The summed E-state index contributed by atoms with van der Waals surface area (Å²) in [4.78, 5) is 13.8. The summed E-state index contributed by atoms with van der Waals surface area (Å²) in [7, 11) is 0. The first-order chi connectivity index (χ1) is 9.22. The Morgan fingerprint density at radius 3 is 2.89 bits per heavy atom. The summed E-state index contributed by atoms with van der Waals surface area (Å²) in [6.45, 7) is 7.16. The summed E-state index contributed by atoms with van der Waals surface area (Å²) >= 11 is 0. The summed E-state index contributed by atoms with van der Waals surface area (Å²) in [5.74, 6) is -0.142. The van der Waals surface area contributed by atoms with Crippen LogP contribution in [0.4, 0.5) is 11.5 Å². The van der Waals surface area contributed by atoms with E-state index in [1.54, 1.807) is 18.5 Å². The van der Waals surface area contributed by atoms with Gasteiger partial charge < -0.3 is 10.1 Å². The molecule has 0 unspecified atom stereocenters. The molecule has 3 aromatic heterocycles. The molecule has 0 amide bonds. The van der Waals surface area contributed by atoms with Gasteiger partial charge in [0.25, 0.3) is 0 Å². The molecule has 19 heavy (non-hydrogen) atoms. The highest BCUT2D eigenvalue weighted by molar-refractivity contribution is 5.90. The quantitative estimate of drug-likeness (QED) is 0.431. The normalized spacial score (nSPS) is 10.5. The molecule has 0 radical (unpaired) electrons. The zero-order valence-electron chi connectivity index (χ0n) is 9.44. The van der Waals surface area contributed by atoms with Gasteiger partial charge in [-0.3, -0.25) is 5.10 Å². The van der Waals surface area contributed by atoms with Gasteiger partial charge in [-0.15, -0.1) is 0 Å². The Kier molecular flexibility index (Phi) is 2.25. The van der Waals surface area contributed by atoms with Crippen LogP contribution in [-0.4, -0.2) is 24.7 Å². The number of aromatic nitrogens is 4. The third-order valence-electron chi connectivity index (χ3n) is 2.74. The second-order valence-electron chi connectivity index (χ2n) is 3.75. The van der Waals surface area contributed by atoms with E-state index in [0.29, 0.717) is 22.3 Å². The second kappa shape index (κ2) is 3.92. The zero-order valence-corrected chi connectivity index (χ0v) is 9.44. The first-order valence-electron chi connectivity index (χ1n) is 5.24. The molecule has 8 nitrogen and oxygen atoms in total. The minimum atomic E-state index is -0.517. The van der Waals surface area contributed by atoms with E-state index in [4.69, 9.17) is 6.57 Å². The van der Waals surface area contributed by atoms with Crippen LogP contribution < -0.4 is 0 Å². The van der Waals surface area contributed by atoms with Crippen LogP contribution in [0.1, 0.15) is 0 Å². The molecule has 0 aliphatic rings. The largest absolute Gasteiger partial charge is 0.358 e. The van der Waals surface area contributed by atoms with E-state index in [0.717, 1.165) is 0 Å². The van der Waals surface area contributed by atoms with Crippen molar-refractivity contribution in [2.45, 2.75) is 0 Å². The van der Waals surface area contributed by atoms with Gasteiger partial charge in [-0.1, -0.05) is 9.61 Å². The van der Waals surface area contributed by atoms with Gasteiger partial charge in [0, 0.05) is 23.4 Å². The topological polar surface area (TPSA) is 93.5 Å². The molecule has 0 saturated carbocycles. The number of H-pyrrole nitrogens is 1. The van der Waals surface area contributed by atoms with Crippen LogP contribution in [0.3, 0.4) is 0 Å². The van der Waals surface area contributed by atoms with Crippen molar-refractivity contribution in [3.8, 4) is 11.1 Å². The van der Waals surface area contributed by atoms with Crippen LogP contribution in [0.25, 0.3) is 21.5 Å². The monoisotopic (exact) mass is 254 g/mol. The molecular formula is C11H6N6O2. The fourth-order valence-corrected chi connectivity index (χ4v) is 1.94. The molecule has 0 aliphatic heterocycles. The van der Waals surface area contributed by atoms with E-state index in [9.17, 15) is 10.1 Å². The Morgan fingerprint density at radius 1 is 1.42 bits per heavy atom. The number of nitrogens with zero attached hydrogens (tertiary/aromatic N) is 5. The molecule has 3 rings (SSSR count). The molecular weight excluding hydrogens is 248 g/mol. The lowest BCUT2D eigenvalue weighted by molar-refractivity contribution is -0.390. The molecule has 0 saturated heterocycles. The van der Waals surface area contributed by atoms with Crippen molar-refractivity contribution in [2.75, 3.05) is 0 Å². The van der Waals surface area contributed by atoms with Gasteiger partial charge in [0.2, 0.25) is 5.69 Å². The summed E-state index contributed by atoms with van der Waals surface area (Å²) < 4.78 is 1.21. The molecule has 0 aliphatic carbocycles. The highest BCUT2D eigenvalue weighted by Gasteiger charge is 2.21. The summed E-state index contributed by atoms with van der Waals surface area (Å²) in [6.07, 6.45) is 4.50. The number of aromatic amines is 1. The molecule has 0 bridgehead atoms. The maximum absolute atomic E-state index is 10.9. The van der Waals surface area contributed by atoms with Gasteiger partial charge in [0.1, 0.15) is 0 Å². The van der Waals surface area contributed by atoms with Gasteiger partial charge in [-0.25, -0.2) is 4.85 Å². The minimum absolute atomic E-state index is 0.142. The van der Waals surface area contributed by atoms with E-state index in [-0.39, 0.29) is 5.82 Å². The van der Waals surface area contributed by atoms with Crippen molar-refractivity contribution in [1.29, 1.82) is 0 Å². The third kappa shape index (κ3) is 1.53. The van der Waals surface area contributed by atoms with Gasteiger partial charge in [0.05, 0.1) is 19.0 Å². The fraction of sp³-hybridized carbons (Fsp3) is 0. The van der Waals surface area contributed by atoms with Crippen molar-refractivity contribution in [3.63, 3.8) is 0 Å². The van der Waals surface area contributed by atoms with Gasteiger partial charge >= 0.3 is 5.82 Å². The van der Waals surface area contributed by atoms with Crippen molar-refractivity contribution < 1.29 is 4.92 Å². The lowest BCUT2D eigenvalue weighted by Gasteiger charge is -2.01. The summed E-state index contributed by atoms with van der Waals surface area (Å²) in [5, 5.41) is 21.3. The predicted octanol–water partition coefficient (Wildman–Crippen LogP) is 2.18. The zero-order chi connectivity index (χ0) is 13.4. The van der Waals surface area contributed by atoms with Crippen LogP contribution in [0.2, 0.25) is 0 Å². The summed E-state index contributed by atoms with van der Waals surface area (Å²) in [6, 6.07) is 2.93. The smallest absolute Gasteiger partial charge is 0.348 e. The molecule has 3 aromatic rings. The second-order valence-corrected chi connectivity index (χ2v) is 3.75. The van der Waals surface area contributed by atoms with Crippen LogP contribution in [0.5, 0.6) is 0 Å². The number of hydrogen-bond acceptors (Lipinski definition) is 4. The Labute approximate surface area is 106 Å². The first kappa shape index (κ1) is 10.9. The van der Waals surface area contributed by atoms with Crippen LogP contribution in [0, 0.1) is 16.7 Å². The van der Waals surface area contributed by atoms with E-state index in [1.807, 2.05) is 0 Å². The van der Waals surface area contributed by atoms with E-state index in [1.165, 1.54) is 16.8 Å². The maximum Gasteiger partial charge on any atom is 0.348 e. The summed E-state index contributed by atoms with van der Waals surface area (Å²) in [5.41, 5.74) is 2.08. The first-order valence-corrected chi connectivity index (χ1v) is 5.24. The highest BCUT2D eigenvalue weighted by Crippen LogP contribution is 2.34. The average molecular weight is 254 g/mol. The lowest BCUT2D eigenvalue weighted by Crippen LogP contribution is -1.98. The molecule has 0 spiro atoms. The van der Waals surface area contributed by atoms with E-state index >= 15 is 0 Å². The molecule has 92 valence electrons. The van der Waals surface area contributed by atoms with E-state index < -0.39 is 4.92 Å². The number of hydrogen-bond donors (Lipinski definition) is 1. The number of nitrogens with one attached hydrogen (secondary N) is 1. The third-order valence-corrected chi connectivity index (χ3v) is 2.74. The minimum Gasteiger partial charge on any atom is -0.358 e. The average Bonchev–Trinajstić information content (AvgIpc) is 3.06. The fourth-order valence-electron chi connectivity index (χ4n) is 1.94. The standard InChI is InChI=1S/C11H6N6O2/c1-12-8-6-15-16-9(2-3-10(16)17(18)19)11(8)7-4-13-14-5-7/h2-6H,(H,13,14). The maximum atomic E-state index is 10.9. The molecule has 8 heteroatoms. The molecule has 1 N–H and O–H groups in total. The Hall–Kier alpha value is -3.21. The van der Waals surface area contributed by atoms with Crippen LogP contribution in [-0.2, 0) is 0 Å². The predicted molar refractivity (Wildman–Crippen MR) is 65.7 cm³/mol. The van der Waals surface area contributed by atoms with Crippen molar-refractivity contribution >= 4 is 17.0 Å². The molecule has 0 aromatic carbocycles. The Bertz CT molecular complexity index is 812. The number of nitro groups is 1. The Balaban J connectivity index is 2.41. The van der Waals surface area contributed by atoms with Crippen molar-refractivity contribution in [3.05, 3.63) is 52.3 Å². The van der Waals surface area contributed by atoms with Gasteiger partial charge in [0.15, 0.2) is 5.52 Å². The SMILES string of the molecule is [C-]#[N+]c1cnn2c([N+](=O)[O-])ccc2c1-c1cn[nH]c1. The molecule has 3 heterocycles. The van der Waals surface area contributed by atoms with Crippen molar-refractivity contribution in [2.24, 2.45) is 0 Å². The van der Waals surface area contributed by atoms with E-state index in [2.05, 4.69) is 20.1 Å². The Morgan fingerprint density at radius 2 is 2.26 bits per heavy atom. The van der Waals surface area contributed by atoms with Gasteiger partial charge in [-0.2, -0.15) is 5.10 Å². The van der Waals surface area contributed by atoms with Crippen LogP contribution in [0.15, 0.2) is 30.7 Å².